The Morgan fingerprint density at radius 3 is 2.44 bits per heavy atom. The highest BCUT2D eigenvalue weighted by Crippen LogP contribution is 2.38. The number of hydrogen-bond donors (Lipinski definition) is 2. The monoisotopic (exact) mass is 272 g/mol. The first kappa shape index (κ1) is 15.4. The molecule has 4 nitrogen and oxygen atoms in total. The van der Waals surface area contributed by atoms with E-state index in [0.717, 1.165) is 32.1 Å². The highest BCUT2D eigenvalue weighted by Gasteiger charge is 2.43. The summed E-state index contributed by atoms with van der Waals surface area (Å²) in [4.78, 5) is 14.5. The number of aliphatic hydroxyl groups excluding tert-OH is 1. The second-order valence-corrected chi connectivity index (χ2v) is 5.81. The molecule has 1 saturated carbocycles. The van der Waals surface area contributed by atoms with Crippen LogP contribution in [0.15, 0.2) is 0 Å². The Hall–Kier alpha value is -0.680. The molecule has 0 aromatic heterocycles. The summed E-state index contributed by atoms with van der Waals surface area (Å²) in [5, 5.41) is 9.28. The van der Waals surface area contributed by atoms with E-state index in [1.165, 1.54) is 0 Å². The van der Waals surface area contributed by atoms with Crippen LogP contribution in [0.5, 0.6) is 0 Å². The van der Waals surface area contributed by atoms with Gasteiger partial charge in [-0.2, -0.15) is 0 Å². The molecule has 1 unspecified atom stereocenters. The molecule has 5 heteroatoms. The molecular weight excluding hydrogens is 248 g/mol. The van der Waals surface area contributed by atoms with Gasteiger partial charge in [0.2, 0.25) is 5.91 Å². The van der Waals surface area contributed by atoms with Crippen molar-refractivity contribution in [2.24, 2.45) is 11.1 Å². The van der Waals surface area contributed by atoms with Crippen LogP contribution < -0.4 is 5.73 Å². The lowest BCUT2D eigenvalue weighted by atomic mass is 9.73. The van der Waals surface area contributed by atoms with Crippen LogP contribution in [0.3, 0.4) is 0 Å². The molecule has 1 aliphatic carbocycles. The summed E-state index contributed by atoms with van der Waals surface area (Å²) in [5.41, 5.74) is 5.19. The molecule has 0 heterocycles. The Balaban J connectivity index is 2.73. The number of carbonyl (C=O) groups excluding carboxylic acids is 1. The van der Waals surface area contributed by atoms with Gasteiger partial charge in [0.25, 0.3) is 0 Å². The first-order chi connectivity index (χ1) is 8.40. The Morgan fingerprint density at radius 1 is 1.44 bits per heavy atom. The highest BCUT2D eigenvalue weighted by atomic mass is 32.1. The van der Waals surface area contributed by atoms with E-state index in [0.29, 0.717) is 18.0 Å². The second-order valence-electron chi connectivity index (χ2n) is 5.37. The molecule has 1 aliphatic rings. The van der Waals surface area contributed by atoms with Gasteiger partial charge in [-0.1, -0.05) is 31.5 Å². The van der Waals surface area contributed by atoms with Crippen LogP contribution in [0.25, 0.3) is 0 Å². The predicted molar refractivity (Wildman–Crippen MR) is 76.2 cm³/mol. The van der Waals surface area contributed by atoms with Crippen LogP contribution in [0.2, 0.25) is 0 Å². The largest absolute Gasteiger partial charge is 0.393 e. The smallest absolute Gasteiger partial charge is 0.235 e. The van der Waals surface area contributed by atoms with Crippen LogP contribution in [-0.2, 0) is 4.79 Å². The van der Waals surface area contributed by atoms with Crippen LogP contribution in [0, 0.1) is 5.41 Å². The van der Waals surface area contributed by atoms with E-state index in [1.807, 2.05) is 0 Å². The van der Waals surface area contributed by atoms with Crippen molar-refractivity contribution < 1.29 is 9.90 Å². The number of rotatable bonds is 5. The van der Waals surface area contributed by atoms with Crippen LogP contribution in [0.1, 0.15) is 45.4 Å². The molecule has 0 spiro atoms. The number of thiocarbonyl (C=S) groups is 1. The van der Waals surface area contributed by atoms with Crippen molar-refractivity contribution in [2.75, 3.05) is 13.6 Å². The zero-order valence-corrected chi connectivity index (χ0v) is 12.1. The number of aliphatic hydroxyl groups is 1. The van der Waals surface area contributed by atoms with Gasteiger partial charge in [0.15, 0.2) is 0 Å². The van der Waals surface area contributed by atoms with Gasteiger partial charge < -0.3 is 15.7 Å². The minimum Gasteiger partial charge on any atom is -0.393 e. The lowest BCUT2D eigenvalue weighted by Crippen LogP contribution is -2.50. The van der Waals surface area contributed by atoms with Crippen molar-refractivity contribution in [1.82, 2.24) is 4.90 Å². The van der Waals surface area contributed by atoms with Gasteiger partial charge in [0.1, 0.15) is 0 Å². The fraction of sp³-hybridized carbons (Fsp3) is 0.846. The summed E-state index contributed by atoms with van der Waals surface area (Å²) < 4.78 is 0. The van der Waals surface area contributed by atoms with Gasteiger partial charge in [-0.25, -0.2) is 0 Å². The van der Waals surface area contributed by atoms with Gasteiger partial charge >= 0.3 is 0 Å². The molecule has 3 N–H and O–H groups in total. The quantitative estimate of drug-likeness (QED) is 0.744. The molecule has 18 heavy (non-hydrogen) atoms. The molecule has 104 valence electrons. The topological polar surface area (TPSA) is 66.6 Å². The number of nitrogens with two attached hydrogens (primary N) is 1. The lowest BCUT2D eigenvalue weighted by Gasteiger charge is -2.38. The maximum absolute atomic E-state index is 12.6. The Bertz CT molecular complexity index is 312. The summed E-state index contributed by atoms with van der Waals surface area (Å²) >= 11 is 5.14. The average Bonchev–Trinajstić information content (AvgIpc) is 2.35. The van der Waals surface area contributed by atoms with Crippen molar-refractivity contribution in [3.05, 3.63) is 0 Å². The molecule has 0 aromatic carbocycles. The third-order valence-corrected chi connectivity index (χ3v) is 4.21. The van der Waals surface area contributed by atoms with Gasteiger partial charge in [0.05, 0.1) is 16.5 Å². The van der Waals surface area contributed by atoms with Crippen LogP contribution in [0.4, 0.5) is 0 Å². The molecule has 0 saturated heterocycles. The average molecular weight is 272 g/mol. The normalized spacial score (nSPS) is 20.2. The fourth-order valence-corrected chi connectivity index (χ4v) is 2.86. The third-order valence-electron chi connectivity index (χ3n) is 3.82. The maximum atomic E-state index is 12.6. The summed E-state index contributed by atoms with van der Waals surface area (Å²) in [6.07, 6.45) is 4.87. The predicted octanol–water partition coefficient (Wildman–Crippen LogP) is 1.45. The second kappa shape index (κ2) is 6.48. The van der Waals surface area contributed by atoms with Crippen molar-refractivity contribution in [3.63, 3.8) is 0 Å². The highest BCUT2D eigenvalue weighted by molar-refractivity contribution is 7.80. The van der Waals surface area contributed by atoms with Gasteiger partial charge in [-0.05, 0) is 26.2 Å². The molecule has 0 aliphatic heterocycles. The molecule has 1 amide bonds. The fourth-order valence-electron chi connectivity index (χ4n) is 2.57. The summed E-state index contributed by atoms with van der Waals surface area (Å²) in [5.74, 6) is 0.0235. The summed E-state index contributed by atoms with van der Waals surface area (Å²) in [7, 11) is 1.76. The molecule has 0 bridgehead atoms. The SMILES string of the molecule is CC(O)CCN(C)C(=O)C1(C(N)=S)CCCCC1. The van der Waals surface area contributed by atoms with Crippen molar-refractivity contribution in [3.8, 4) is 0 Å². The van der Waals surface area contributed by atoms with Gasteiger partial charge in [-0.15, -0.1) is 0 Å². The zero-order valence-electron chi connectivity index (χ0n) is 11.3. The number of carbonyl (C=O) groups is 1. The van der Waals surface area contributed by atoms with Crippen molar-refractivity contribution in [1.29, 1.82) is 0 Å². The van der Waals surface area contributed by atoms with Gasteiger partial charge in [-0.3, -0.25) is 4.79 Å². The maximum Gasteiger partial charge on any atom is 0.235 e. The Morgan fingerprint density at radius 2 is 2.00 bits per heavy atom. The van der Waals surface area contributed by atoms with Crippen LogP contribution >= 0.6 is 12.2 Å². The van der Waals surface area contributed by atoms with E-state index in [9.17, 15) is 9.90 Å². The lowest BCUT2D eigenvalue weighted by molar-refractivity contribution is -0.138. The zero-order chi connectivity index (χ0) is 13.8. The molecular formula is C13H24N2O2S. The van der Waals surface area contributed by atoms with Crippen molar-refractivity contribution in [2.45, 2.75) is 51.6 Å². The molecule has 1 atom stereocenters. The summed E-state index contributed by atoms with van der Waals surface area (Å²) in [6.45, 7) is 2.27. The van der Waals surface area contributed by atoms with E-state index in [1.54, 1.807) is 18.9 Å². The van der Waals surface area contributed by atoms with E-state index >= 15 is 0 Å². The molecule has 1 rings (SSSR count). The minimum atomic E-state index is -0.638. The van der Waals surface area contributed by atoms with E-state index in [-0.39, 0.29) is 5.91 Å². The molecule has 1 fully saturated rings. The number of hydrogen-bond acceptors (Lipinski definition) is 3. The molecule has 0 radical (unpaired) electrons. The van der Waals surface area contributed by atoms with Crippen molar-refractivity contribution >= 4 is 23.1 Å². The van der Waals surface area contributed by atoms with Gasteiger partial charge in [0, 0.05) is 13.6 Å². The third kappa shape index (κ3) is 3.42. The standard InChI is InChI=1S/C13H24N2O2S/c1-10(16)6-9-15(2)12(17)13(11(14)18)7-4-3-5-8-13/h10,16H,3-9H2,1-2H3,(H2,14,18). The van der Waals surface area contributed by atoms with Crippen LogP contribution in [-0.4, -0.2) is 40.6 Å². The minimum absolute atomic E-state index is 0.0235. The van der Waals surface area contributed by atoms with E-state index < -0.39 is 11.5 Å². The van der Waals surface area contributed by atoms with E-state index in [4.69, 9.17) is 18.0 Å². The molecule has 0 aromatic rings. The van der Waals surface area contributed by atoms with E-state index in [2.05, 4.69) is 0 Å². The number of nitrogens with zero attached hydrogens (tertiary/aromatic N) is 1. The summed E-state index contributed by atoms with van der Waals surface area (Å²) in [6, 6.07) is 0. The number of amides is 1. The first-order valence-corrected chi connectivity index (χ1v) is 7.04. The first-order valence-electron chi connectivity index (χ1n) is 6.63. The Labute approximate surface area is 115 Å². The Kier molecular flexibility index (Phi) is 5.53.